The number of ether oxygens (including phenoxy) is 1. The van der Waals surface area contributed by atoms with E-state index in [2.05, 4.69) is 23.2 Å². The van der Waals surface area contributed by atoms with Crippen LogP contribution in [0.25, 0.3) is 0 Å². The first kappa shape index (κ1) is 13.8. The van der Waals surface area contributed by atoms with Crippen molar-refractivity contribution in [2.75, 3.05) is 26.2 Å². The molecule has 2 fully saturated rings. The molecule has 1 aliphatic carbocycles. The van der Waals surface area contributed by atoms with Crippen LogP contribution < -0.4 is 5.32 Å². The van der Waals surface area contributed by atoms with E-state index in [-0.39, 0.29) is 6.04 Å². The normalized spacial score (nSPS) is 25.3. The summed E-state index contributed by atoms with van der Waals surface area (Å²) < 4.78 is 5.67. The fourth-order valence-corrected chi connectivity index (χ4v) is 2.49. The van der Waals surface area contributed by atoms with Gasteiger partial charge in [0.15, 0.2) is 0 Å². The van der Waals surface area contributed by atoms with E-state index in [1.807, 2.05) is 0 Å². The minimum atomic E-state index is 0.0241. The van der Waals surface area contributed by atoms with Crippen LogP contribution in [0.1, 0.15) is 39.0 Å². The first-order valence-electron chi connectivity index (χ1n) is 7.31. The third kappa shape index (κ3) is 4.56. The van der Waals surface area contributed by atoms with Crippen molar-refractivity contribution in [2.45, 2.75) is 57.2 Å². The Morgan fingerprint density at radius 3 is 2.83 bits per heavy atom. The number of nitrogens with one attached hydrogen (secondary N) is 1. The molecule has 2 aliphatic rings. The van der Waals surface area contributed by atoms with Gasteiger partial charge in [-0.15, -0.1) is 0 Å². The molecule has 102 valence electrons. The van der Waals surface area contributed by atoms with E-state index in [1.54, 1.807) is 0 Å². The largest absolute Gasteiger partial charge is 0.377 e. The molecule has 4 nitrogen and oxygen atoms in total. The first-order valence-corrected chi connectivity index (χ1v) is 7.31. The number of hydrogen-bond donors (Lipinski definition) is 1. The van der Waals surface area contributed by atoms with Gasteiger partial charge < -0.3 is 9.64 Å². The fourth-order valence-electron chi connectivity index (χ4n) is 2.49. The second kappa shape index (κ2) is 7.08. The van der Waals surface area contributed by atoms with E-state index >= 15 is 0 Å². The topological polar surface area (TPSA) is 48.3 Å². The van der Waals surface area contributed by atoms with Gasteiger partial charge in [-0.05, 0) is 38.6 Å². The van der Waals surface area contributed by atoms with E-state index in [9.17, 15) is 0 Å². The van der Waals surface area contributed by atoms with E-state index < -0.39 is 0 Å². The van der Waals surface area contributed by atoms with Crippen LogP contribution >= 0.6 is 0 Å². The highest BCUT2D eigenvalue weighted by Gasteiger charge is 2.25. The van der Waals surface area contributed by atoms with E-state index in [0.717, 1.165) is 32.7 Å². The van der Waals surface area contributed by atoms with Crippen molar-refractivity contribution in [1.82, 2.24) is 10.2 Å². The van der Waals surface area contributed by atoms with Crippen molar-refractivity contribution in [3.8, 4) is 6.07 Å². The summed E-state index contributed by atoms with van der Waals surface area (Å²) in [5, 5.41) is 12.5. The van der Waals surface area contributed by atoms with Gasteiger partial charge in [0.1, 0.15) is 0 Å². The van der Waals surface area contributed by atoms with Gasteiger partial charge in [0.05, 0.1) is 18.2 Å². The molecule has 0 spiro atoms. The van der Waals surface area contributed by atoms with E-state index in [4.69, 9.17) is 10.00 Å². The molecule has 0 bridgehead atoms. The molecule has 1 saturated carbocycles. The van der Waals surface area contributed by atoms with Crippen molar-refractivity contribution < 1.29 is 4.74 Å². The van der Waals surface area contributed by atoms with Gasteiger partial charge in [-0.25, -0.2) is 0 Å². The van der Waals surface area contributed by atoms with Gasteiger partial charge in [0, 0.05) is 25.7 Å². The Balaban J connectivity index is 1.66. The molecule has 2 atom stereocenters. The minimum absolute atomic E-state index is 0.0241. The molecule has 1 heterocycles. The Bertz CT molecular complexity index is 279. The Kier molecular flexibility index (Phi) is 5.43. The second-order valence-electron chi connectivity index (χ2n) is 5.44. The summed E-state index contributed by atoms with van der Waals surface area (Å²) in [4.78, 5) is 2.41. The lowest BCUT2D eigenvalue weighted by atomic mass is 10.2. The summed E-state index contributed by atoms with van der Waals surface area (Å²) >= 11 is 0. The van der Waals surface area contributed by atoms with Crippen LogP contribution in [0.3, 0.4) is 0 Å². The monoisotopic (exact) mass is 251 g/mol. The van der Waals surface area contributed by atoms with Gasteiger partial charge in [-0.3, -0.25) is 5.32 Å². The molecule has 0 aromatic carbocycles. The van der Waals surface area contributed by atoms with Crippen LogP contribution in [-0.4, -0.2) is 49.3 Å². The molecule has 0 aromatic heterocycles. The average molecular weight is 251 g/mol. The summed E-state index contributed by atoms with van der Waals surface area (Å²) in [6.45, 7) is 6.17. The van der Waals surface area contributed by atoms with E-state index in [0.29, 0.717) is 12.1 Å². The minimum Gasteiger partial charge on any atom is -0.377 e. The molecule has 4 heteroatoms. The highest BCUT2D eigenvalue weighted by Crippen LogP contribution is 2.20. The van der Waals surface area contributed by atoms with Gasteiger partial charge in [0.2, 0.25) is 0 Å². The summed E-state index contributed by atoms with van der Waals surface area (Å²) in [5.41, 5.74) is 0. The van der Waals surface area contributed by atoms with Gasteiger partial charge >= 0.3 is 0 Å². The van der Waals surface area contributed by atoms with Crippen molar-refractivity contribution in [1.29, 1.82) is 5.26 Å². The Labute approximate surface area is 110 Å². The standard InChI is InChI=1S/C14H25N3O/c1-2-17(11-14-4-3-9-18-14)8-7-13(10-15)16-12-5-6-12/h12-14,16H,2-9,11H2,1H3. The SMILES string of the molecule is CCN(CCC(C#N)NC1CC1)CC1CCCO1. The van der Waals surface area contributed by atoms with Gasteiger partial charge in [-0.1, -0.05) is 6.92 Å². The molecule has 2 unspecified atom stereocenters. The predicted octanol–water partition coefficient (Wildman–Crippen LogP) is 1.52. The first-order chi connectivity index (χ1) is 8.81. The molecular formula is C14H25N3O. The number of hydrogen-bond acceptors (Lipinski definition) is 4. The maximum absolute atomic E-state index is 9.12. The predicted molar refractivity (Wildman–Crippen MR) is 71.3 cm³/mol. The van der Waals surface area contributed by atoms with Gasteiger partial charge in [-0.2, -0.15) is 5.26 Å². The summed E-state index contributed by atoms with van der Waals surface area (Å²) in [5.74, 6) is 0. The highest BCUT2D eigenvalue weighted by atomic mass is 16.5. The zero-order valence-corrected chi connectivity index (χ0v) is 11.4. The van der Waals surface area contributed by atoms with Crippen LogP contribution in [0, 0.1) is 11.3 Å². The van der Waals surface area contributed by atoms with Crippen LogP contribution in [0.2, 0.25) is 0 Å². The van der Waals surface area contributed by atoms with Crippen molar-refractivity contribution >= 4 is 0 Å². The molecular weight excluding hydrogens is 226 g/mol. The maximum atomic E-state index is 9.12. The quantitative estimate of drug-likeness (QED) is 0.710. The molecule has 1 saturated heterocycles. The molecule has 2 rings (SSSR count). The number of nitrogens with zero attached hydrogens (tertiary/aromatic N) is 2. The third-order valence-electron chi connectivity index (χ3n) is 3.84. The zero-order chi connectivity index (χ0) is 12.8. The smallest absolute Gasteiger partial charge is 0.0967 e. The summed E-state index contributed by atoms with van der Waals surface area (Å²) in [7, 11) is 0. The Morgan fingerprint density at radius 2 is 2.28 bits per heavy atom. The molecule has 1 N–H and O–H groups in total. The van der Waals surface area contributed by atoms with Crippen molar-refractivity contribution in [3.05, 3.63) is 0 Å². The highest BCUT2D eigenvalue weighted by molar-refractivity contribution is 4.96. The number of rotatable bonds is 8. The Morgan fingerprint density at radius 1 is 1.44 bits per heavy atom. The Hall–Kier alpha value is -0.630. The van der Waals surface area contributed by atoms with Crippen LogP contribution in [0.4, 0.5) is 0 Å². The average Bonchev–Trinajstić information content (AvgIpc) is 3.06. The lowest BCUT2D eigenvalue weighted by Crippen LogP contribution is -2.37. The van der Waals surface area contributed by atoms with Crippen molar-refractivity contribution in [3.63, 3.8) is 0 Å². The summed E-state index contributed by atoms with van der Waals surface area (Å²) in [6.07, 6.45) is 6.22. The maximum Gasteiger partial charge on any atom is 0.0967 e. The van der Waals surface area contributed by atoms with Crippen molar-refractivity contribution in [2.24, 2.45) is 0 Å². The zero-order valence-electron chi connectivity index (χ0n) is 11.4. The third-order valence-corrected chi connectivity index (χ3v) is 3.84. The molecule has 1 aliphatic heterocycles. The number of nitriles is 1. The fraction of sp³-hybridized carbons (Fsp3) is 0.929. The van der Waals surface area contributed by atoms with Crippen LogP contribution in [0.15, 0.2) is 0 Å². The van der Waals surface area contributed by atoms with Gasteiger partial charge in [0.25, 0.3) is 0 Å². The van der Waals surface area contributed by atoms with E-state index in [1.165, 1.54) is 25.7 Å². The lowest BCUT2D eigenvalue weighted by molar-refractivity contribution is 0.0739. The summed E-state index contributed by atoms with van der Waals surface area (Å²) in [6, 6.07) is 3.02. The number of likely N-dealkylation sites (N-methyl/N-ethyl adjacent to an activating group) is 1. The second-order valence-corrected chi connectivity index (χ2v) is 5.44. The molecule has 18 heavy (non-hydrogen) atoms. The lowest BCUT2D eigenvalue weighted by Gasteiger charge is -2.24. The van der Waals surface area contributed by atoms with Crippen LogP contribution in [-0.2, 0) is 4.74 Å². The molecule has 0 amide bonds. The van der Waals surface area contributed by atoms with Crippen LogP contribution in [0.5, 0.6) is 0 Å². The molecule has 0 aromatic rings. The molecule has 0 radical (unpaired) electrons.